The van der Waals surface area contributed by atoms with Crippen LogP contribution in [0.4, 0.5) is 0 Å². The van der Waals surface area contributed by atoms with Gasteiger partial charge in [-0.25, -0.2) is 13.1 Å². The Morgan fingerprint density at radius 2 is 1.89 bits per heavy atom. The Morgan fingerprint density at radius 1 is 1.18 bits per heavy atom. The quantitative estimate of drug-likeness (QED) is 0.686. The maximum absolute atomic E-state index is 12.5. The van der Waals surface area contributed by atoms with E-state index in [2.05, 4.69) is 10.0 Å². The lowest BCUT2D eigenvalue weighted by Crippen LogP contribution is -2.28. The summed E-state index contributed by atoms with van der Waals surface area (Å²) in [4.78, 5) is 12.3. The fourth-order valence-electron chi connectivity index (χ4n) is 2.29. The van der Waals surface area contributed by atoms with E-state index in [0.717, 1.165) is 11.6 Å². The molecule has 0 aliphatic heterocycles. The number of nitrogens with zero attached hydrogens (tertiary/aromatic N) is 1. The Morgan fingerprint density at radius 3 is 2.54 bits per heavy atom. The molecular formula is C19H19Cl2N3O3S. The molecule has 0 spiro atoms. The van der Waals surface area contributed by atoms with E-state index in [-0.39, 0.29) is 39.5 Å². The van der Waals surface area contributed by atoms with Crippen LogP contribution in [0.15, 0.2) is 41.3 Å². The Bertz CT molecular complexity index is 1030. The molecule has 2 rings (SSSR count). The van der Waals surface area contributed by atoms with Crippen molar-refractivity contribution in [1.29, 1.82) is 5.26 Å². The molecule has 0 fully saturated rings. The lowest BCUT2D eigenvalue weighted by Gasteiger charge is -2.13. The van der Waals surface area contributed by atoms with Crippen LogP contribution < -0.4 is 10.0 Å². The highest BCUT2D eigenvalue weighted by molar-refractivity contribution is 7.89. The van der Waals surface area contributed by atoms with Crippen molar-refractivity contribution in [2.75, 3.05) is 6.54 Å². The highest BCUT2D eigenvalue weighted by Gasteiger charge is 2.22. The van der Waals surface area contributed by atoms with E-state index in [1.165, 1.54) is 6.07 Å². The van der Waals surface area contributed by atoms with Crippen LogP contribution in [0.5, 0.6) is 0 Å². The summed E-state index contributed by atoms with van der Waals surface area (Å²) in [5, 5.41) is 11.6. The summed E-state index contributed by atoms with van der Waals surface area (Å²) in [6.45, 7) is 4.12. The van der Waals surface area contributed by atoms with Crippen molar-refractivity contribution in [2.24, 2.45) is 5.92 Å². The highest BCUT2D eigenvalue weighted by atomic mass is 35.5. The number of carbonyl (C=O) groups excluding carboxylic acids is 1. The maximum Gasteiger partial charge on any atom is 0.253 e. The number of benzene rings is 2. The first-order valence-electron chi connectivity index (χ1n) is 8.40. The third-order valence-electron chi connectivity index (χ3n) is 3.75. The number of hydrogen-bond donors (Lipinski definition) is 2. The van der Waals surface area contributed by atoms with E-state index in [1.54, 1.807) is 24.3 Å². The molecule has 0 aromatic heterocycles. The molecule has 6 nitrogen and oxygen atoms in total. The molecule has 2 N–H and O–H groups in total. The van der Waals surface area contributed by atoms with Gasteiger partial charge >= 0.3 is 0 Å². The van der Waals surface area contributed by atoms with Crippen LogP contribution in [0.3, 0.4) is 0 Å². The summed E-state index contributed by atoms with van der Waals surface area (Å²) >= 11 is 12.1. The van der Waals surface area contributed by atoms with E-state index in [1.807, 2.05) is 19.9 Å². The van der Waals surface area contributed by atoms with Crippen LogP contribution in [0.1, 0.15) is 35.3 Å². The Kier molecular flexibility index (Phi) is 7.44. The maximum atomic E-state index is 12.5. The van der Waals surface area contributed by atoms with Crippen LogP contribution in [0.25, 0.3) is 0 Å². The normalized spacial score (nSPS) is 11.3. The molecule has 0 aliphatic carbocycles. The zero-order valence-corrected chi connectivity index (χ0v) is 17.6. The summed E-state index contributed by atoms with van der Waals surface area (Å²) in [6, 6.07) is 11.2. The molecule has 0 unspecified atom stereocenters. The van der Waals surface area contributed by atoms with E-state index in [9.17, 15) is 13.2 Å². The van der Waals surface area contributed by atoms with Crippen LogP contribution >= 0.6 is 23.2 Å². The second kappa shape index (κ2) is 9.39. The van der Waals surface area contributed by atoms with Gasteiger partial charge in [0.2, 0.25) is 10.0 Å². The Hall–Kier alpha value is -2.11. The molecule has 9 heteroatoms. The summed E-state index contributed by atoms with van der Waals surface area (Å²) in [6.07, 6.45) is 0. The minimum atomic E-state index is -3.89. The van der Waals surface area contributed by atoms with Crippen molar-refractivity contribution in [3.8, 4) is 6.07 Å². The van der Waals surface area contributed by atoms with Crippen LogP contribution in [-0.4, -0.2) is 20.9 Å². The summed E-state index contributed by atoms with van der Waals surface area (Å²) < 4.78 is 27.4. The topological polar surface area (TPSA) is 99.1 Å². The third kappa shape index (κ3) is 5.69. The van der Waals surface area contributed by atoms with Gasteiger partial charge in [-0.05, 0) is 35.7 Å². The van der Waals surface area contributed by atoms with Crippen LogP contribution in [0.2, 0.25) is 10.0 Å². The molecule has 0 radical (unpaired) electrons. The van der Waals surface area contributed by atoms with Crippen LogP contribution in [-0.2, 0) is 16.6 Å². The van der Waals surface area contributed by atoms with Gasteiger partial charge in [0.1, 0.15) is 4.90 Å². The number of sulfonamides is 1. The molecule has 0 saturated carbocycles. The number of nitrogens with one attached hydrogen (secondary N) is 2. The van der Waals surface area contributed by atoms with Crippen molar-refractivity contribution in [3.63, 3.8) is 0 Å². The average molecular weight is 440 g/mol. The minimum absolute atomic E-state index is 0.00701. The molecule has 0 heterocycles. The molecule has 2 aromatic carbocycles. The van der Waals surface area contributed by atoms with Crippen molar-refractivity contribution < 1.29 is 13.2 Å². The lowest BCUT2D eigenvalue weighted by molar-refractivity contribution is 0.0951. The average Bonchev–Trinajstić information content (AvgIpc) is 2.64. The first-order chi connectivity index (χ1) is 13.1. The fourth-order valence-corrected chi connectivity index (χ4v) is 4.36. The molecule has 0 aliphatic rings. The van der Waals surface area contributed by atoms with Gasteiger partial charge in [0.25, 0.3) is 5.91 Å². The number of hydrogen-bond acceptors (Lipinski definition) is 4. The SMILES string of the molecule is CC(C)CNS(=O)(=O)c1cc(C(=O)NCc2cccc(C#N)c2)c(Cl)cc1Cl. The fraction of sp³-hybridized carbons (Fsp3) is 0.263. The van der Waals surface area contributed by atoms with E-state index in [4.69, 9.17) is 28.5 Å². The van der Waals surface area contributed by atoms with E-state index < -0.39 is 15.9 Å². The Labute approximate surface area is 174 Å². The third-order valence-corrected chi connectivity index (χ3v) is 5.95. The summed E-state index contributed by atoms with van der Waals surface area (Å²) in [7, 11) is -3.89. The molecule has 0 saturated heterocycles. The first kappa shape index (κ1) is 22.2. The minimum Gasteiger partial charge on any atom is -0.348 e. The zero-order chi connectivity index (χ0) is 20.9. The van der Waals surface area contributed by atoms with Crippen molar-refractivity contribution in [1.82, 2.24) is 10.0 Å². The molecule has 2 aromatic rings. The van der Waals surface area contributed by atoms with E-state index >= 15 is 0 Å². The smallest absolute Gasteiger partial charge is 0.253 e. The van der Waals surface area contributed by atoms with Gasteiger partial charge in [-0.2, -0.15) is 5.26 Å². The standard InChI is InChI=1S/C19H19Cl2N3O3S/c1-12(2)10-24-28(26,27)18-7-15(16(20)8-17(18)21)19(25)23-11-14-5-3-4-13(6-14)9-22/h3-8,12,24H,10-11H2,1-2H3,(H,23,25). The molecule has 148 valence electrons. The van der Waals surface area contributed by atoms with Gasteiger partial charge in [-0.15, -0.1) is 0 Å². The zero-order valence-electron chi connectivity index (χ0n) is 15.3. The second-order valence-corrected chi connectivity index (χ2v) is 9.05. The largest absolute Gasteiger partial charge is 0.348 e. The van der Waals surface area contributed by atoms with Crippen molar-refractivity contribution >= 4 is 39.1 Å². The van der Waals surface area contributed by atoms with Gasteiger partial charge in [0.05, 0.1) is 27.2 Å². The number of rotatable bonds is 7. The van der Waals surface area contributed by atoms with Gasteiger partial charge in [0, 0.05) is 13.1 Å². The summed E-state index contributed by atoms with van der Waals surface area (Å²) in [5.74, 6) is -0.447. The monoisotopic (exact) mass is 439 g/mol. The molecule has 28 heavy (non-hydrogen) atoms. The highest BCUT2D eigenvalue weighted by Crippen LogP contribution is 2.28. The second-order valence-electron chi connectivity index (χ2n) is 6.50. The van der Waals surface area contributed by atoms with Gasteiger partial charge in [-0.1, -0.05) is 49.2 Å². The number of carbonyl (C=O) groups is 1. The first-order valence-corrected chi connectivity index (χ1v) is 10.6. The summed E-state index contributed by atoms with van der Waals surface area (Å²) in [5.41, 5.74) is 1.19. The van der Waals surface area contributed by atoms with Crippen LogP contribution in [0, 0.1) is 17.2 Å². The van der Waals surface area contributed by atoms with Gasteiger partial charge in [-0.3, -0.25) is 4.79 Å². The van der Waals surface area contributed by atoms with Gasteiger partial charge < -0.3 is 5.32 Å². The molecule has 0 bridgehead atoms. The Balaban J connectivity index is 2.25. The number of nitriles is 1. The number of halogens is 2. The molecule has 0 atom stereocenters. The predicted molar refractivity (Wildman–Crippen MR) is 109 cm³/mol. The predicted octanol–water partition coefficient (Wildman–Crippen LogP) is 3.73. The molecular weight excluding hydrogens is 421 g/mol. The van der Waals surface area contributed by atoms with Crippen molar-refractivity contribution in [3.05, 3.63) is 63.1 Å². The van der Waals surface area contributed by atoms with Crippen molar-refractivity contribution in [2.45, 2.75) is 25.3 Å². The van der Waals surface area contributed by atoms with E-state index in [0.29, 0.717) is 5.56 Å². The lowest BCUT2D eigenvalue weighted by atomic mass is 10.1. The molecule has 1 amide bonds. The number of amides is 1. The van der Waals surface area contributed by atoms with Gasteiger partial charge in [0.15, 0.2) is 0 Å².